The van der Waals surface area contributed by atoms with Gasteiger partial charge in [-0.3, -0.25) is 14.7 Å². The number of aromatic nitrogens is 5. The highest BCUT2D eigenvalue weighted by Gasteiger charge is 2.26. The summed E-state index contributed by atoms with van der Waals surface area (Å²) in [5.41, 5.74) is 4.43. The molecule has 10 nitrogen and oxygen atoms in total. The van der Waals surface area contributed by atoms with Crippen molar-refractivity contribution >= 4 is 30.7 Å². The van der Waals surface area contributed by atoms with Gasteiger partial charge < -0.3 is 19.4 Å². The van der Waals surface area contributed by atoms with E-state index in [0.29, 0.717) is 24.3 Å². The first-order valence-electron chi connectivity index (χ1n) is 16.0. The molecule has 1 N–H and O–H groups in total. The second-order valence-corrected chi connectivity index (χ2v) is 19.0. The van der Waals surface area contributed by atoms with Crippen molar-refractivity contribution in [2.24, 2.45) is 0 Å². The Bertz CT molecular complexity index is 1570. The minimum absolute atomic E-state index is 0.0159. The summed E-state index contributed by atoms with van der Waals surface area (Å²) in [6.45, 7) is 10.2. The van der Waals surface area contributed by atoms with Gasteiger partial charge in [0, 0.05) is 74.2 Å². The topological polar surface area (TPSA) is 99.3 Å². The summed E-state index contributed by atoms with van der Waals surface area (Å²) in [5, 5.41) is 8.51. The second-order valence-electron chi connectivity index (χ2n) is 13.4. The maximum Gasteiger partial charge on any atom is 0.275 e. The molecule has 0 saturated carbocycles. The number of nitrogens with one attached hydrogen (secondary N) is 1. The molecule has 0 aromatic carbocycles. The van der Waals surface area contributed by atoms with Gasteiger partial charge in [-0.15, -0.1) is 0 Å². The van der Waals surface area contributed by atoms with Crippen LogP contribution in [0.3, 0.4) is 0 Å². The molecule has 234 valence electrons. The van der Waals surface area contributed by atoms with Gasteiger partial charge >= 0.3 is 0 Å². The van der Waals surface area contributed by atoms with Crippen LogP contribution in [0.2, 0.25) is 25.7 Å². The number of piperidine rings is 1. The number of carbonyl (C=O) groups is 1. The summed E-state index contributed by atoms with van der Waals surface area (Å²) in [7, 11) is 1.01. The van der Waals surface area contributed by atoms with Crippen LogP contribution in [0.1, 0.15) is 67.0 Å². The van der Waals surface area contributed by atoms with Crippen LogP contribution in [-0.2, 0) is 16.2 Å². The minimum atomic E-state index is -1.19. The summed E-state index contributed by atoms with van der Waals surface area (Å²) < 4.78 is 16.2. The van der Waals surface area contributed by atoms with Gasteiger partial charge in [-0.1, -0.05) is 32.1 Å². The zero-order valence-electron chi connectivity index (χ0n) is 26.5. The highest BCUT2D eigenvalue weighted by molar-refractivity contribution is 6.76. The molecule has 2 saturated heterocycles. The summed E-state index contributed by atoms with van der Waals surface area (Å²) in [6, 6.07) is 9.29. The zero-order chi connectivity index (χ0) is 30.7. The lowest BCUT2D eigenvalue weighted by Gasteiger charge is -2.33. The van der Waals surface area contributed by atoms with Crippen LogP contribution in [0.25, 0.3) is 22.0 Å². The van der Waals surface area contributed by atoms with Gasteiger partial charge in [0.25, 0.3) is 5.91 Å². The lowest BCUT2D eigenvalue weighted by molar-refractivity contribution is -0.0394. The number of carbonyl (C=O) groups excluding carboxylic acids is 1. The van der Waals surface area contributed by atoms with Crippen LogP contribution in [0.15, 0.2) is 49.1 Å². The van der Waals surface area contributed by atoms with Crippen molar-refractivity contribution in [1.29, 1.82) is 0 Å². The number of anilines is 1. The minimum Gasteiger partial charge on any atom is -0.361 e. The molecule has 2 aliphatic heterocycles. The molecule has 44 heavy (non-hydrogen) atoms. The van der Waals surface area contributed by atoms with Gasteiger partial charge in [-0.2, -0.15) is 5.10 Å². The Kier molecular flexibility index (Phi) is 9.27. The lowest BCUT2D eigenvalue weighted by atomic mass is 10.00. The monoisotopic (exact) mass is 615 g/mol. The van der Waals surface area contributed by atoms with Gasteiger partial charge in [0.15, 0.2) is 0 Å². The van der Waals surface area contributed by atoms with E-state index in [2.05, 4.69) is 62.6 Å². The molecule has 1 amide bonds. The maximum absolute atomic E-state index is 13.2. The fourth-order valence-corrected chi connectivity index (χ4v) is 6.86. The smallest absolute Gasteiger partial charge is 0.275 e. The summed E-state index contributed by atoms with van der Waals surface area (Å²) in [5.74, 6) is 0.193. The third-order valence-corrected chi connectivity index (χ3v) is 10.5. The Balaban J connectivity index is 1.18. The second kappa shape index (κ2) is 13.3. The first kappa shape index (κ1) is 30.6. The van der Waals surface area contributed by atoms with Gasteiger partial charge in [0.1, 0.15) is 24.5 Å². The number of ether oxygens (including phenoxy) is 2. The van der Waals surface area contributed by atoms with Crippen LogP contribution in [0.4, 0.5) is 5.82 Å². The molecule has 2 aliphatic rings. The van der Waals surface area contributed by atoms with E-state index in [1.165, 1.54) is 18.5 Å². The highest BCUT2D eigenvalue weighted by Crippen LogP contribution is 2.34. The van der Waals surface area contributed by atoms with E-state index >= 15 is 0 Å². The van der Waals surface area contributed by atoms with Crippen LogP contribution < -0.4 is 5.32 Å². The third-order valence-electron chi connectivity index (χ3n) is 8.77. The largest absolute Gasteiger partial charge is 0.361 e. The number of likely N-dealkylation sites (tertiary alicyclic amines) is 1. The number of hydrogen-bond donors (Lipinski definition) is 1. The van der Waals surface area contributed by atoms with Crippen molar-refractivity contribution in [2.45, 2.75) is 83.2 Å². The normalized spacial score (nSPS) is 19.8. The molecule has 0 bridgehead atoms. The first-order chi connectivity index (χ1) is 21.2. The third kappa shape index (κ3) is 7.12. The lowest BCUT2D eigenvalue weighted by Crippen LogP contribution is -2.31. The van der Waals surface area contributed by atoms with Gasteiger partial charge in [-0.05, 0) is 63.9 Å². The standard InChI is InChI=1S/C33H45N7O3Si/c1-38-13-7-5-9-28(38)30-17-25-20-35-31(18-29(25)39(30)23-42-15-16-44(2,3)4)37-33(41)27-12-11-24(19-34-27)26-21-36-40(22-26)32-10-6-8-14-43-32/h11-12,17-22,28,32H,5-10,13-16,23H2,1-4H3,(H,35,37,41)/t28-,32?/m1/s1. The van der Waals surface area contributed by atoms with Crippen molar-refractivity contribution < 1.29 is 14.3 Å². The zero-order valence-corrected chi connectivity index (χ0v) is 27.5. The molecule has 0 radical (unpaired) electrons. The van der Waals surface area contributed by atoms with Crippen LogP contribution in [0, 0.1) is 0 Å². The van der Waals surface area contributed by atoms with E-state index < -0.39 is 8.07 Å². The highest BCUT2D eigenvalue weighted by atomic mass is 28.3. The molecular weight excluding hydrogens is 570 g/mol. The van der Waals surface area contributed by atoms with Crippen molar-refractivity contribution in [3.63, 3.8) is 0 Å². The molecule has 0 spiro atoms. The average molecular weight is 616 g/mol. The molecule has 1 unspecified atom stereocenters. The van der Waals surface area contributed by atoms with Crippen LogP contribution in [0.5, 0.6) is 0 Å². The van der Waals surface area contributed by atoms with Crippen molar-refractivity contribution in [3.05, 3.63) is 60.4 Å². The Morgan fingerprint density at radius 1 is 1.05 bits per heavy atom. The average Bonchev–Trinajstić information content (AvgIpc) is 3.65. The Morgan fingerprint density at radius 2 is 1.91 bits per heavy atom. The summed E-state index contributed by atoms with van der Waals surface area (Å²) in [4.78, 5) is 24.7. The molecule has 6 heterocycles. The molecule has 6 rings (SSSR count). The molecule has 4 aromatic heterocycles. The predicted octanol–water partition coefficient (Wildman–Crippen LogP) is 6.72. The number of fused-ring (bicyclic) bond motifs is 1. The van der Waals surface area contributed by atoms with E-state index in [1.54, 1.807) is 12.3 Å². The number of rotatable bonds is 10. The van der Waals surface area contributed by atoms with E-state index in [0.717, 1.165) is 73.5 Å². The first-order valence-corrected chi connectivity index (χ1v) is 19.7. The molecule has 2 atom stereocenters. The summed E-state index contributed by atoms with van der Waals surface area (Å²) >= 11 is 0. The molecule has 4 aromatic rings. The van der Waals surface area contributed by atoms with Gasteiger partial charge in [0.2, 0.25) is 0 Å². The molecular formula is C33H45N7O3Si. The van der Waals surface area contributed by atoms with Crippen molar-refractivity contribution in [2.75, 3.05) is 32.1 Å². The number of hydrogen-bond acceptors (Lipinski definition) is 7. The van der Waals surface area contributed by atoms with Crippen LogP contribution >= 0.6 is 0 Å². The van der Waals surface area contributed by atoms with Gasteiger partial charge in [-0.25, -0.2) is 9.67 Å². The molecule has 11 heteroatoms. The number of nitrogens with zero attached hydrogens (tertiary/aromatic N) is 6. The fraction of sp³-hybridized carbons (Fsp3) is 0.515. The predicted molar refractivity (Wildman–Crippen MR) is 175 cm³/mol. The van der Waals surface area contributed by atoms with E-state index in [-0.39, 0.29) is 12.1 Å². The number of pyridine rings is 2. The Labute approximate surface area is 260 Å². The quantitative estimate of drug-likeness (QED) is 0.156. The molecule has 2 fully saturated rings. The van der Waals surface area contributed by atoms with Gasteiger partial charge in [0.05, 0.1) is 11.7 Å². The van der Waals surface area contributed by atoms with Crippen LogP contribution in [-0.4, -0.2) is 70.0 Å². The van der Waals surface area contributed by atoms with E-state index in [1.807, 2.05) is 35.4 Å². The Morgan fingerprint density at radius 3 is 2.66 bits per heavy atom. The summed E-state index contributed by atoms with van der Waals surface area (Å²) in [6.07, 6.45) is 14.1. The van der Waals surface area contributed by atoms with Crippen molar-refractivity contribution in [1.82, 2.24) is 29.2 Å². The molecule has 0 aliphatic carbocycles. The van der Waals surface area contributed by atoms with E-state index in [4.69, 9.17) is 9.47 Å². The van der Waals surface area contributed by atoms with Crippen molar-refractivity contribution in [3.8, 4) is 11.1 Å². The number of amides is 1. The van der Waals surface area contributed by atoms with E-state index in [9.17, 15) is 4.79 Å². The maximum atomic E-state index is 13.2. The fourth-order valence-electron chi connectivity index (χ4n) is 6.10. The SMILES string of the molecule is CN1CCCC[C@@H]1c1cc2cnc(NC(=O)c3ccc(-c4cnn(C5CCCCO5)c4)cn3)cc2n1COCC[Si](C)(C)C. The Hall–Kier alpha value is -3.38.